The van der Waals surface area contributed by atoms with Crippen LogP contribution in [0.25, 0.3) is 0 Å². The summed E-state index contributed by atoms with van der Waals surface area (Å²) in [6.45, 7) is 18.9. The second kappa shape index (κ2) is 7.41. The molecule has 1 nitrogen and oxygen atoms in total. The van der Waals surface area contributed by atoms with E-state index in [1.165, 1.54) is 45.2 Å². The summed E-state index contributed by atoms with van der Waals surface area (Å²) in [6, 6.07) is 0. The largest absolute Gasteiger partial charge is 0.298 e. The third-order valence-electron chi connectivity index (χ3n) is 3.48. The summed E-state index contributed by atoms with van der Waals surface area (Å²) >= 11 is 0. The van der Waals surface area contributed by atoms with Gasteiger partial charge in [0.2, 0.25) is 0 Å². The van der Waals surface area contributed by atoms with Crippen LogP contribution in [0.1, 0.15) is 80.6 Å². The molecule has 0 fully saturated rings. The van der Waals surface area contributed by atoms with Gasteiger partial charge >= 0.3 is 0 Å². The molecule has 1 heteroatoms. The van der Waals surface area contributed by atoms with Crippen LogP contribution in [-0.2, 0) is 0 Å². The van der Waals surface area contributed by atoms with Crippen LogP contribution in [0.5, 0.6) is 0 Å². The van der Waals surface area contributed by atoms with Crippen molar-refractivity contribution in [2.24, 2.45) is 5.41 Å². The molecule has 0 aliphatic heterocycles. The maximum atomic E-state index is 2.66. The lowest BCUT2D eigenvalue weighted by Crippen LogP contribution is -2.46. The standard InChI is InChI=1S/C16H35N/c1-8-10-11-12-13-17(9-2)16(6,7)14-15(3,4)5/h8-14H2,1-7H3. The highest BCUT2D eigenvalue weighted by Gasteiger charge is 2.30. The number of nitrogens with zero attached hydrogens (tertiary/aromatic N) is 1. The first-order valence-electron chi connectivity index (χ1n) is 7.48. The molecule has 0 radical (unpaired) electrons. The Morgan fingerprint density at radius 1 is 0.824 bits per heavy atom. The lowest BCUT2D eigenvalue weighted by Gasteiger charge is -2.42. The van der Waals surface area contributed by atoms with Crippen molar-refractivity contribution in [3.63, 3.8) is 0 Å². The number of rotatable bonds is 8. The molecule has 0 atom stereocenters. The zero-order chi connectivity index (χ0) is 13.5. The first-order valence-corrected chi connectivity index (χ1v) is 7.48. The lowest BCUT2D eigenvalue weighted by atomic mass is 9.80. The van der Waals surface area contributed by atoms with Crippen molar-refractivity contribution in [1.29, 1.82) is 0 Å². The zero-order valence-corrected chi connectivity index (χ0v) is 13.4. The molecule has 0 heterocycles. The summed E-state index contributed by atoms with van der Waals surface area (Å²) in [7, 11) is 0. The Kier molecular flexibility index (Phi) is 7.39. The van der Waals surface area contributed by atoms with Gasteiger partial charge in [0, 0.05) is 5.54 Å². The number of hydrogen-bond donors (Lipinski definition) is 0. The van der Waals surface area contributed by atoms with Crippen LogP contribution >= 0.6 is 0 Å². The maximum Gasteiger partial charge on any atom is 0.0158 e. The van der Waals surface area contributed by atoms with Crippen molar-refractivity contribution in [1.82, 2.24) is 4.90 Å². The monoisotopic (exact) mass is 241 g/mol. The van der Waals surface area contributed by atoms with E-state index in [4.69, 9.17) is 0 Å². The van der Waals surface area contributed by atoms with E-state index in [0.717, 1.165) is 0 Å². The van der Waals surface area contributed by atoms with E-state index in [-0.39, 0.29) is 0 Å². The van der Waals surface area contributed by atoms with Gasteiger partial charge in [0.1, 0.15) is 0 Å². The molecule has 0 aliphatic rings. The minimum Gasteiger partial charge on any atom is -0.298 e. The van der Waals surface area contributed by atoms with Gasteiger partial charge in [0.25, 0.3) is 0 Å². The van der Waals surface area contributed by atoms with Gasteiger partial charge in [-0.3, -0.25) is 4.90 Å². The fourth-order valence-corrected chi connectivity index (χ4v) is 3.03. The topological polar surface area (TPSA) is 3.24 Å². The minimum atomic E-state index is 0.333. The fourth-order valence-electron chi connectivity index (χ4n) is 3.03. The molecule has 0 unspecified atom stereocenters. The first kappa shape index (κ1) is 17.0. The quantitative estimate of drug-likeness (QED) is 0.534. The smallest absolute Gasteiger partial charge is 0.0158 e. The summed E-state index contributed by atoms with van der Waals surface area (Å²) < 4.78 is 0. The summed E-state index contributed by atoms with van der Waals surface area (Å²) in [6.07, 6.45) is 6.73. The van der Waals surface area contributed by atoms with E-state index < -0.39 is 0 Å². The summed E-state index contributed by atoms with van der Waals surface area (Å²) in [5.41, 5.74) is 0.750. The Morgan fingerprint density at radius 2 is 1.41 bits per heavy atom. The van der Waals surface area contributed by atoms with Gasteiger partial charge in [-0.05, 0) is 45.2 Å². The second-order valence-electron chi connectivity index (χ2n) is 7.19. The highest BCUT2D eigenvalue weighted by molar-refractivity contribution is 4.85. The van der Waals surface area contributed by atoms with Crippen LogP contribution < -0.4 is 0 Å². The van der Waals surface area contributed by atoms with Gasteiger partial charge in [-0.2, -0.15) is 0 Å². The third kappa shape index (κ3) is 7.81. The van der Waals surface area contributed by atoms with Crippen LogP contribution in [-0.4, -0.2) is 23.5 Å². The minimum absolute atomic E-state index is 0.333. The number of hydrogen-bond acceptors (Lipinski definition) is 1. The highest BCUT2D eigenvalue weighted by atomic mass is 15.2. The molecular formula is C16H35N. The molecule has 0 saturated heterocycles. The Bertz CT molecular complexity index is 188. The summed E-state index contributed by atoms with van der Waals surface area (Å²) in [4.78, 5) is 2.66. The van der Waals surface area contributed by atoms with Crippen LogP contribution in [0.2, 0.25) is 0 Å². The molecule has 17 heavy (non-hydrogen) atoms. The molecule has 0 N–H and O–H groups in total. The third-order valence-corrected chi connectivity index (χ3v) is 3.48. The number of unbranched alkanes of at least 4 members (excludes halogenated alkanes) is 3. The normalized spacial score (nSPS) is 13.4. The van der Waals surface area contributed by atoms with E-state index in [9.17, 15) is 0 Å². The zero-order valence-electron chi connectivity index (χ0n) is 13.4. The predicted molar refractivity (Wildman–Crippen MR) is 79.5 cm³/mol. The average molecular weight is 241 g/mol. The molecule has 0 bridgehead atoms. The molecule has 0 aromatic carbocycles. The molecule has 0 aliphatic carbocycles. The Hall–Kier alpha value is -0.0400. The highest BCUT2D eigenvalue weighted by Crippen LogP contribution is 2.31. The Balaban J connectivity index is 4.22. The van der Waals surface area contributed by atoms with Gasteiger partial charge in [-0.1, -0.05) is 53.9 Å². The van der Waals surface area contributed by atoms with Crippen LogP contribution in [0.4, 0.5) is 0 Å². The molecule has 0 aromatic rings. The Labute approximate surface area is 110 Å². The fraction of sp³-hybridized carbons (Fsp3) is 1.00. The lowest BCUT2D eigenvalue weighted by molar-refractivity contribution is 0.0804. The van der Waals surface area contributed by atoms with Gasteiger partial charge in [-0.25, -0.2) is 0 Å². The predicted octanol–water partition coefficient (Wildman–Crippen LogP) is 5.10. The van der Waals surface area contributed by atoms with E-state index in [2.05, 4.69) is 53.4 Å². The molecule has 0 aromatic heterocycles. The molecular weight excluding hydrogens is 206 g/mol. The van der Waals surface area contributed by atoms with Crippen LogP contribution in [0.3, 0.4) is 0 Å². The van der Waals surface area contributed by atoms with Crippen molar-refractivity contribution in [3.05, 3.63) is 0 Å². The molecule has 0 amide bonds. The van der Waals surface area contributed by atoms with Gasteiger partial charge < -0.3 is 0 Å². The van der Waals surface area contributed by atoms with Crippen molar-refractivity contribution in [3.8, 4) is 0 Å². The molecule has 0 saturated carbocycles. The SMILES string of the molecule is CCCCCCN(CC)C(C)(C)CC(C)(C)C. The van der Waals surface area contributed by atoms with E-state index in [0.29, 0.717) is 11.0 Å². The van der Waals surface area contributed by atoms with Gasteiger partial charge in [-0.15, -0.1) is 0 Å². The van der Waals surface area contributed by atoms with Crippen molar-refractivity contribution < 1.29 is 0 Å². The summed E-state index contributed by atoms with van der Waals surface area (Å²) in [5.74, 6) is 0. The second-order valence-corrected chi connectivity index (χ2v) is 7.19. The maximum absolute atomic E-state index is 2.66. The van der Waals surface area contributed by atoms with E-state index in [1.807, 2.05) is 0 Å². The molecule has 0 rings (SSSR count). The summed E-state index contributed by atoms with van der Waals surface area (Å²) in [5, 5.41) is 0. The molecule has 104 valence electrons. The van der Waals surface area contributed by atoms with Crippen molar-refractivity contribution in [2.45, 2.75) is 86.1 Å². The van der Waals surface area contributed by atoms with Crippen molar-refractivity contribution >= 4 is 0 Å². The molecule has 0 spiro atoms. The van der Waals surface area contributed by atoms with Crippen molar-refractivity contribution in [2.75, 3.05) is 13.1 Å². The van der Waals surface area contributed by atoms with Crippen LogP contribution in [0.15, 0.2) is 0 Å². The van der Waals surface area contributed by atoms with Gasteiger partial charge in [0.15, 0.2) is 0 Å². The van der Waals surface area contributed by atoms with E-state index >= 15 is 0 Å². The first-order chi connectivity index (χ1) is 7.73. The van der Waals surface area contributed by atoms with E-state index in [1.54, 1.807) is 0 Å². The average Bonchev–Trinajstić information content (AvgIpc) is 2.13. The van der Waals surface area contributed by atoms with Gasteiger partial charge in [0.05, 0.1) is 0 Å². The van der Waals surface area contributed by atoms with Crippen LogP contribution in [0, 0.1) is 5.41 Å². The Morgan fingerprint density at radius 3 is 1.82 bits per heavy atom.